The van der Waals surface area contributed by atoms with Gasteiger partial charge in [-0.3, -0.25) is 0 Å². The summed E-state index contributed by atoms with van der Waals surface area (Å²) in [7, 11) is -1.52. The SMILES string of the molecule is CC[N+](CC)=c1ccc2nc3c(cc(NCc4ccccc4B(O)O)c4ccccc43)oc-2c1. The molecule has 7 heteroatoms. The standard InChI is InChI=1S/C27H26BN3O3/c1-3-31(4-2)19-13-14-23-25(15-19)34-26-16-24(20-10-6-7-11-21(20)27(26)30-23)29-17-18-9-5-8-12-22(18)28(32)33/h5-16,32-33H,3-4,17H2,1-2H3/p+1. The van der Waals surface area contributed by atoms with Crippen LogP contribution in [0.1, 0.15) is 19.4 Å². The van der Waals surface area contributed by atoms with Crippen LogP contribution in [0.2, 0.25) is 0 Å². The fraction of sp³-hybridized carbons (Fsp3) is 0.185. The normalized spacial score (nSPS) is 11.3. The van der Waals surface area contributed by atoms with E-state index in [9.17, 15) is 10.0 Å². The molecule has 34 heavy (non-hydrogen) atoms. The van der Waals surface area contributed by atoms with Crippen molar-refractivity contribution in [3.8, 4) is 11.5 Å². The first-order valence-corrected chi connectivity index (χ1v) is 11.6. The van der Waals surface area contributed by atoms with E-state index in [1.165, 1.54) is 0 Å². The van der Waals surface area contributed by atoms with Crippen molar-refractivity contribution in [3.05, 3.63) is 83.7 Å². The van der Waals surface area contributed by atoms with E-state index in [1.54, 1.807) is 12.1 Å². The molecule has 5 rings (SSSR count). The molecular formula is C27H27BN3O3+. The molecule has 0 bridgehead atoms. The molecule has 6 nitrogen and oxygen atoms in total. The van der Waals surface area contributed by atoms with Gasteiger partial charge in [0.2, 0.25) is 5.36 Å². The smallest absolute Gasteiger partial charge is 0.452 e. The highest BCUT2D eigenvalue weighted by Gasteiger charge is 2.17. The number of anilines is 1. The molecule has 0 saturated carbocycles. The Hall–Kier alpha value is -3.68. The summed E-state index contributed by atoms with van der Waals surface area (Å²) in [5, 5.41) is 26.0. The van der Waals surface area contributed by atoms with Crippen molar-refractivity contribution in [2.75, 3.05) is 18.4 Å². The van der Waals surface area contributed by atoms with Crippen molar-refractivity contribution in [2.45, 2.75) is 20.4 Å². The van der Waals surface area contributed by atoms with Crippen molar-refractivity contribution in [3.63, 3.8) is 0 Å². The second-order valence-corrected chi connectivity index (χ2v) is 8.28. The lowest BCUT2D eigenvalue weighted by atomic mass is 9.77. The third-order valence-electron chi connectivity index (χ3n) is 6.31. The molecule has 0 fully saturated rings. The first-order chi connectivity index (χ1) is 16.6. The highest BCUT2D eigenvalue weighted by molar-refractivity contribution is 6.59. The zero-order chi connectivity index (χ0) is 23.7. The minimum absolute atomic E-state index is 0.441. The Balaban J connectivity index is 1.65. The summed E-state index contributed by atoms with van der Waals surface area (Å²) in [6, 6.07) is 23.5. The van der Waals surface area contributed by atoms with E-state index in [0.717, 1.165) is 57.4 Å². The van der Waals surface area contributed by atoms with E-state index in [2.05, 4.69) is 41.9 Å². The topological polar surface area (TPSA) is 81.5 Å². The predicted molar refractivity (Wildman–Crippen MR) is 138 cm³/mol. The number of nitrogens with one attached hydrogen (secondary N) is 1. The Kier molecular flexibility index (Phi) is 6.05. The van der Waals surface area contributed by atoms with Gasteiger partial charge in [0.05, 0.1) is 6.07 Å². The van der Waals surface area contributed by atoms with Gasteiger partial charge in [-0.2, -0.15) is 0 Å². The zero-order valence-corrected chi connectivity index (χ0v) is 19.3. The van der Waals surface area contributed by atoms with E-state index in [4.69, 9.17) is 9.40 Å². The molecule has 0 saturated heterocycles. The third kappa shape index (κ3) is 4.04. The van der Waals surface area contributed by atoms with E-state index in [1.807, 2.05) is 42.5 Å². The lowest BCUT2D eigenvalue weighted by Gasteiger charge is -2.15. The second kappa shape index (κ2) is 9.29. The molecule has 1 aliphatic heterocycles. The summed E-state index contributed by atoms with van der Waals surface area (Å²) in [6.45, 7) is 6.57. The lowest BCUT2D eigenvalue weighted by Crippen LogP contribution is -2.33. The van der Waals surface area contributed by atoms with Gasteiger partial charge in [-0.05, 0) is 30.9 Å². The maximum atomic E-state index is 9.71. The van der Waals surface area contributed by atoms with Crippen LogP contribution in [0, 0.1) is 0 Å². The lowest BCUT2D eigenvalue weighted by molar-refractivity contribution is 0.425. The molecule has 170 valence electrons. The van der Waals surface area contributed by atoms with Gasteiger partial charge < -0.3 is 19.8 Å². The molecule has 0 atom stereocenters. The van der Waals surface area contributed by atoms with Crippen LogP contribution in [-0.2, 0) is 6.54 Å². The van der Waals surface area contributed by atoms with Gasteiger partial charge >= 0.3 is 7.12 Å². The average molecular weight is 452 g/mol. The number of nitrogens with zero attached hydrogens (tertiary/aromatic N) is 2. The molecule has 0 spiro atoms. The second-order valence-electron chi connectivity index (χ2n) is 8.28. The van der Waals surface area contributed by atoms with Crippen molar-refractivity contribution in [1.82, 2.24) is 9.56 Å². The van der Waals surface area contributed by atoms with E-state index in [-0.39, 0.29) is 0 Å². The van der Waals surface area contributed by atoms with Crippen LogP contribution in [0.25, 0.3) is 33.3 Å². The minimum Gasteiger partial charge on any atom is -0.452 e. The molecule has 2 aliphatic rings. The van der Waals surface area contributed by atoms with Crippen LogP contribution in [0.4, 0.5) is 5.69 Å². The number of fused-ring (bicyclic) bond motifs is 4. The number of benzene rings is 4. The van der Waals surface area contributed by atoms with Crippen LogP contribution >= 0.6 is 0 Å². The fourth-order valence-corrected chi connectivity index (χ4v) is 4.51. The van der Waals surface area contributed by atoms with E-state index >= 15 is 0 Å². The van der Waals surface area contributed by atoms with Gasteiger partial charge in [0.15, 0.2) is 11.3 Å². The summed E-state index contributed by atoms with van der Waals surface area (Å²) in [4.78, 5) is 4.95. The molecule has 3 aromatic carbocycles. The Labute approximate surface area is 198 Å². The van der Waals surface area contributed by atoms with Gasteiger partial charge in [-0.15, -0.1) is 0 Å². The number of rotatable bonds is 6. The minimum atomic E-state index is -1.52. The van der Waals surface area contributed by atoms with E-state index < -0.39 is 7.12 Å². The molecule has 3 aromatic rings. The van der Waals surface area contributed by atoms with Crippen molar-refractivity contribution < 1.29 is 14.5 Å². The van der Waals surface area contributed by atoms with Crippen LogP contribution in [-0.4, -0.2) is 35.2 Å². The van der Waals surface area contributed by atoms with E-state index in [0.29, 0.717) is 17.6 Å². The number of aromatic nitrogens is 1. The molecule has 1 aliphatic carbocycles. The summed E-state index contributed by atoms with van der Waals surface area (Å²) in [5.74, 6) is 0.742. The monoisotopic (exact) mass is 452 g/mol. The Morgan fingerprint density at radius 2 is 1.65 bits per heavy atom. The number of hydrogen-bond donors (Lipinski definition) is 3. The summed E-state index contributed by atoms with van der Waals surface area (Å²) < 4.78 is 8.66. The Morgan fingerprint density at radius 1 is 0.912 bits per heavy atom. The molecule has 0 amide bonds. The Morgan fingerprint density at radius 3 is 2.41 bits per heavy atom. The molecule has 3 N–H and O–H groups in total. The first-order valence-electron chi connectivity index (χ1n) is 11.6. The molecule has 0 unspecified atom stereocenters. The molecule has 0 radical (unpaired) electrons. The van der Waals surface area contributed by atoms with Gasteiger partial charge in [0.1, 0.15) is 24.3 Å². The fourth-order valence-electron chi connectivity index (χ4n) is 4.51. The highest BCUT2D eigenvalue weighted by Crippen LogP contribution is 2.34. The zero-order valence-electron chi connectivity index (χ0n) is 19.3. The van der Waals surface area contributed by atoms with Crippen LogP contribution in [0.3, 0.4) is 0 Å². The average Bonchev–Trinajstić information content (AvgIpc) is 2.87. The van der Waals surface area contributed by atoms with Gasteiger partial charge in [0, 0.05) is 35.1 Å². The van der Waals surface area contributed by atoms with Crippen molar-refractivity contribution in [2.24, 2.45) is 0 Å². The predicted octanol–water partition coefficient (Wildman–Crippen LogP) is 3.19. The van der Waals surface area contributed by atoms with Gasteiger partial charge in [-0.25, -0.2) is 9.56 Å². The van der Waals surface area contributed by atoms with Crippen LogP contribution in [0.5, 0.6) is 0 Å². The first kappa shape index (κ1) is 22.1. The van der Waals surface area contributed by atoms with Crippen LogP contribution in [0.15, 0.2) is 77.2 Å². The number of hydrogen-bond acceptors (Lipinski definition) is 5. The summed E-state index contributed by atoms with van der Waals surface area (Å²) in [5.41, 5.74) is 4.53. The highest BCUT2D eigenvalue weighted by atomic mass is 16.4. The largest absolute Gasteiger partial charge is 0.488 e. The van der Waals surface area contributed by atoms with Gasteiger partial charge in [0.25, 0.3) is 0 Å². The van der Waals surface area contributed by atoms with Crippen molar-refractivity contribution in [1.29, 1.82) is 0 Å². The molecule has 1 heterocycles. The van der Waals surface area contributed by atoms with Gasteiger partial charge in [-0.1, -0.05) is 48.5 Å². The van der Waals surface area contributed by atoms with Crippen molar-refractivity contribution >= 4 is 40.1 Å². The molecule has 0 aromatic heterocycles. The Bertz CT molecular complexity index is 1520. The third-order valence-corrected chi connectivity index (χ3v) is 6.31. The maximum Gasteiger partial charge on any atom is 0.488 e. The summed E-state index contributed by atoms with van der Waals surface area (Å²) in [6.07, 6.45) is 0. The summed E-state index contributed by atoms with van der Waals surface area (Å²) >= 11 is 0. The molecular weight excluding hydrogens is 425 g/mol. The van der Waals surface area contributed by atoms with Crippen LogP contribution < -0.4 is 20.7 Å². The quantitative estimate of drug-likeness (QED) is 0.160. The maximum absolute atomic E-state index is 9.71.